The number of nitrogens with zero attached hydrogens (tertiary/aromatic N) is 3. The van der Waals surface area contributed by atoms with Gasteiger partial charge in [0.1, 0.15) is 5.75 Å². The number of anilines is 2. The number of carbonyl (C=O) groups excluding carboxylic acids is 1. The van der Waals surface area contributed by atoms with E-state index in [0.717, 1.165) is 15.8 Å². The Morgan fingerprint density at radius 1 is 1.31 bits per heavy atom. The van der Waals surface area contributed by atoms with Crippen molar-refractivity contribution in [1.82, 2.24) is 15.1 Å². The molecule has 0 saturated carbocycles. The van der Waals surface area contributed by atoms with Gasteiger partial charge in [-0.3, -0.25) is 4.79 Å². The molecule has 1 N–H and O–H groups in total. The Balaban J connectivity index is 1.50. The number of rotatable bonds is 6. The normalized spacial score (nSPS) is 20.0. The fourth-order valence-corrected chi connectivity index (χ4v) is 4.39. The second kappa shape index (κ2) is 8.70. The van der Waals surface area contributed by atoms with Crippen molar-refractivity contribution >= 4 is 39.8 Å². The third-order valence-electron chi connectivity index (χ3n) is 3.84. The number of morpholine rings is 1. The van der Waals surface area contributed by atoms with E-state index >= 15 is 0 Å². The van der Waals surface area contributed by atoms with Gasteiger partial charge < -0.3 is 19.7 Å². The summed E-state index contributed by atoms with van der Waals surface area (Å²) in [5.74, 6) is 1.27. The summed E-state index contributed by atoms with van der Waals surface area (Å²) in [5.41, 5.74) is 0.908. The monoisotopic (exact) mass is 394 g/mol. The van der Waals surface area contributed by atoms with E-state index in [1.165, 1.54) is 23.1 Å². The molecule has 0 aliphatic carbocycles. The Labute approximate surface area is 161 Å². The summed E-state index contributed by atoms with van der Waals surface area (Å²) < 4.78 is 11.6. The number of amides is 1. The van der Waals surface area contributed by atoms with E-state index in [1.54, 1.807) is 7.11 Å². The van der Waals surface area contributed by atoms with Crippen LogP contribution in [0.2, 0.25) is 0 Å². The summed E-state index contributed by atoms with van der Waals surface area (Å²) in [4.78, 5) is 14.3. The van der Waals surface area contributed by atoms with Gasteiger partial charge in [0.2, 0.25) is 11.0 Å². The lowest BCUT2D eigenvalue weighted by Gasteiger charge is -2.35. The van der Waals surface area contributed by atoms with Crippen LogP contribution in [0, 0.1) is 0 Å². The van der Waals surface area contributed by atoms with Crippen LogP contribution in [0.4, 0.5) is 10.8 Å². The molecule has 1 fully saturated rings. The molecule has 140 valence electrons. The average molecular weight is 395 g/mol. The van der Waals surface area contributed by atoms with Gasteiger partial charge in [-0.05, 0) is 38.1 Å². The maximum atomic E-state index is 12.4. The number of ether oxygens (including phenoxy) is 2. The van der Waals surface area contributed by atoms with Gasteiger partial charge in [0.05, 0.1) is 25.1 Å². The van der Waals surface area contributed by atoms with Crippen molar-refractivity contribution in [3.05, 3.63) is 24.3 Å². The molecule has 2 atom stereocenters. The zero-order valence-electron chi connectivity index (χ0n) is 15.0. The Morgan fingerprint density at radius 2 is 2.00 bits per heavy atom. The van der Waals surface area contributed by atoms with Crippen LogP contribution in [0.5, 0.6) is 5.75 Å². The Morgan fingerprint density at radius 3 is 2.65 bits per heavy atom. The first-order valence-corrected chi connectivity index (χ1v) is 10.1. The third-order valence-corrected chi connectivity index (χ3v) is 5.80. The first kappa shape index (κ1) is 18.9. The van der Waals surface area contributed by atoms with Gasteiger partial charge in [0.25, 0.3) is 0 Å². The highest BCUT2D eigenvalue weighted by Crippen LogP contribution is 2.28. The minimum absolute atomic E-state index is 0.0783. The number of nitrogens with one attached hydrogen (secondary N) is 1. The third kappa shape index (κ3) is 5.09. The first-order chi connectivity index (χ1) is 12.5. The van der Waals surface area contributed by atoms with E-state index in [-0.39, 0.29) is 18.1 Å². The second-order valence-corrected chi connectivity index (χ2v) is 8.27. The van der Waals surface area contributed by atoms with Gasteiger partial charge in [-0.25, -0.2) is 0 Å². The van der Waals surface area contributed by atoms with Crippen LogP contribution in [0.3, 0.4) is 0 Å². The van der Waals surface area contributed by atoms with E-state index in [9.17, 15) is 4.79 Å². The summed E-state index contributed by atoms with van der Waals surface area (Å²) in [6, 6.07) is 7.58. The number of aromatic nitrogens is 2. The Hall–Kier alpha value is -1.84. The van der Waals surface area contributed by atoms with Crippen LogP contribution in [-0.2, 0) is 9.53 Å². The van der Waals surface area contributed by atoms with Crippen molar-refractivity contribution < 1.29 is 14.3 Å². The Kier molecular flexibility index (Phi) is 6.33. The van der Waals surface area contributed by atoms with Gasteiger partial charge in [-0.1, -0.05) is 23.1 Å². The molecule has 7 nitrogen and oxygen atoms in total. The number of thioether (sulfide) groups is 1. The maximum Gasteiger partial charge on any atom is 0.233 e. The predicted octanol–water partition coefficient (Wildman–Crippen LogP) is 3.02. The van der Waals surface area contributed by atoms with Crippen molar-refractivity contribution in [2.24, 2.45) is 0 Å². The minimum Gasteiger partial charge on any atom is -0.497 e. The molecular weight excluding hydrogens is 372 g/mol. The summed E-state index contributed by atoms with van der Waals surface area (Å²) in [6.45, 7) is 5.27. The van der Waals surface area contributed by atoms with Crippen molar-refractivity contribution in [2.75, 3.05) is 31.3 Å². The molecule has 9 heteroatoms. The van der Waals surface area contributed by atoms with E-state index in [0.29, 0.717) is 24.0 Å². The molecule has 0 unspecified atom stereocenters. The number of hydrogen-bond donors (Lipinski definition) is 1. The summed E-state index contributed by atoms with van der Waals surface area (Å²) >= 11 is 2.85. The van der Waals surface area contributed by atoms with Crippen LogP contribution in [0.15, 0.2) is 28.6 Å². The summed E-state index contributed by atoms with van der Waals surface area (Å²) in [6.07, 6.45) is 0.157. The number of benzene rings is 1. The van der Waals surface area contributed by atoms with Gasteiger partial charge in [-0.2, -0.15) is 0 Å². The average Bonchev–Trinajstić information content (AvgIpc) is 3.07. The number of hydrogen-bond acceptors (Lipinski definition) is 8. The van der Waals surface area contributed by atoms with Crippen molar-refractivity contribution in [3.8, 4) is 5.75 Å². The SMILES string of the molecule is COc1ccc(Nc2nnc(SCC(=O)N3C[C@@H](C)O[C@H](C)C3)s2)cc1. The summed E-state index contributed by atoms with van der Waals surface area (Å²) in [5, 5.41) is 12.2. The van der Waals surface area contributed by atoms with Crippen LogP contribution >= 0.6 is 23.1 Å². The molecule has 1 saturated heterocycles. The molecule has 26 heavy (non-hydrogen) atoms. The lowest BCUT2D eigenvalue weighted by atomic mass is 10.2. The van der Waals surface area contributed by atoms with Crippen LogP contribution in [0.1, 0.15) is 13.8 Å². The molecule has 1 aromatic carbocycles. The van der Waals surface area contributed by atoms with Gasteiger partial charge in [0, 0.05) is 18.8 Å². The van der Waals surface area contributed by atoms with Crippen LogP contribution in [0.25, 0.3) is 0 Å². The van der Waals surface area contributed by atoms with Crippen molar-refractivity contribution in [3.63, 3.8) is 0 Å². The zero-order valence-corrected chi connectivity index (χ0v) is 16.6. The van der Waals surface area contributed by atoms with E-state index < -0.39 is 0 Å². The predicted molar refractivity (Wildman–Crippen MR) is 103 cm³/mol. The molecule has 1 aliphatic rings. The van der Waals surface area contributed by atoms with E-state index in [2.05, 4.69) is 15.5 Å². The molecule has 1 aliphatic heterocycles. The van der Waals surface area contributed by atoms with E-state index in [4.69, 9.17) is 9.47 Å². The molecule has 2 heterocycles. The smallest absolute Gasteiger partial charge is 0.233 e. The van der Waals surface area contributed by atoms with Crippen molar-refractivity contribution in [2.45, 2.75) is 30.4 Å². The minimum atomic E-state index is 0.0783. The highest BCUT2D eigenvalue weighted by molar-refractivity contribution is 8.01. The largest absolute Gasteiger partial charge is 0.497 e. The van der Waals surface area contributed by atoms with E-state index in [1.807, 2.05) is 43.0 Å². The molecule has 0 radical (unpaired) electrons. The Bertz CT molecular complexity index is 728. The van der Waals surface area contributed by atoms with Gasteiger partial charge in [-0.15, -0.1) is 10.2 Å². The van der Waals surface area contributed by atoms with Gasteiger partial charge >= 0.3 is 0 Å². The topological polar surface area (TPSA) is 76.6 Å². The fraction of sp³-hybridized carbons (Fsp3) is 0.471. The molecule has 1 amide bonds. The van der Waals surface area contributed by atoms with Crippen LogP contribution < -0.4 is 10.1 Å². The molecular formula is C17H22N4O3S2. The lowest BCUT2D eigenvalue weighted by Crippen LogP contribution is -2.48. The molecule has 2 aromatic rings. The fourth-order valence-electron chi connectivity index (χ4n) is 2.71. The zero-order chi connectivity index (χ0) is 18.5. The first-order valence-electron chi connectivity index (χ1n) is 8.34. The molecule has 3 rings (SSSR count). The van der Waals surface area contributed by atoms with Gasteiger partial charge in [0.15, 0.2) is 4.34 Å². The highest BCUT2D eigenvalue weighted by Gasteiger charge is 2.25. The standard InChI is InChI=1S/C17H22N4O3S2/c1-11-8-21(9-12(2)24-11)15(22)10-25-17-20-19-16(26-17)18-13-4-6-14(23-3)7-5-13/h4-7,11-12H,8-10H2,1-3H3,(H,18,19)/t11-,12-/m1/s1. The maximum absolute atomic E-state index is 12.4. The quantitative estimate of drug-likeness (QED) is 0.755. The van der Waals surface area contributed by atoms with Crippen LogP contribution in [-0.4, -0.2) is 59.2 Å². The molecule has 0 spiro atoms. The second-order valence-electron chi connectivity index (χ2n) is 6.07. The molecule has 0 bridgehead atoms. The summed E-state index contributed by atoms with van der Waals surface area (Å²) in [7, 11) is 1.64. The lowest BCUT2D eigenvalue weighted by molar-refractivity contribution is -0.140. The highest BCUT2D eigenvalue weighted by atomic mass is 32.2. The number of methoxy groups -OCH3 is 1. The number of carbonyl (C=O) groups is 1. The van der Waals surface area contributed by atoms with Crippen molar-refractivity contribution in [1.29, 1.82) is 0 Å². The molecule has 1 aromatic heterocycles.